The number of carbonyl (C=O) groups is 1. The molecule has 1 aromatic carbocycles. The average molecular weight is 306 g/mol. The molecule has 6 nitrogen and oxygen atoms in total. The number of aromatic nitrogens is 1. The molecule has 0 atom stereocenters. The van der Waals surface area contributed by atoms with Crippen LogP contribution in [0.4, 0.5) is 5.69 Å². The topological polar surface area (TPSA) is 85.4 Å². The lowest BCUT2D eigenvalue weighted by Crippen LogP contribution is -2.19. The van der Waals surface area contributed by atoms with Crippen molar-refractivity contribution in [1.29, 1.82) is 0 Å². The van der Waals surface area contributed by atoms with Gasteiger partial charge in [-0.2, -0.15) is 8.42 Å². The molecule has 1 N–H and O–H groups in total. The zero-order valence-electron chi connectivity index (χ0n) is 11.5. The number of hydrogen-bond acceptors (Lipinski definition) is 5. The fraction of sp³-hybridized carbons (Fsp3) is 0.143. The van der Waals surface area contributed by atoms with Crippen molar-refractivity contribution in [3.63, 3.8) is 0 Å². The molecule has 1 aromatic heterocycles. The highest BCUT2D eigenvalue weighted by Gasteiger charge is 2.24. The summed E-state index contributed by atoms with van der Waals surface area (Å²) in [7, 11) is -2.80. The Bertz CT molecular complexity index is 772. The summed E-state index contributed by atoms with van der Waals surface area (Å²) in [5.41, 5.74) is 1.08. The fourth-order valence-electron chi connectivity index (χ4n) is 1.75. The smallest absolute Gasteiger partial charge is 0.340 e. The van der Waals surface area contributed by atoms with E-state index in [-0.39, 0.29) is 10.6 Å². The second-order valence-electron chi connectivity index (χ2n) is 4.27. The average Bonchev–Trinajstić information content (AvgIpc) is 2.48. The van der Waals surface area contributed by atoms with Crippen LogP contribution in [-0.4, -0.2) is 26.5 Å². The van der Waals surface area contributed by atoms with Gasteiger partial charge in [0.1, 0.15) is 0 Å². The number of nitrogens with one attached hydrogen (secondary N) is 1. The number of benzene rings is 1. The number of rotatable bonds is 4. The number of pyridine rings is 1. The molecule has 0 radical (unpaired) electrons. The van der Waals surface area contributed by atoms with Crippen LogP contribution >= 0.6 is 0 Å². The van der Waals surface area contributed by atoms with E-state index < -0.39 is 16.0 Å². The summed E-state index contributed by atoms with van der Waals surface area (Å²) in [5, 5.41) is -0.361. The lowest BCUT2D eigenvalue weighted by atomic mass is 10.2. The molecule has 0 saturated carbocycles. The molecule has 21 heavy (non-hydrogen) atoms. The van der Waals surface area contributed by atoms with Crippen LogP contribution in [0.1, 0.15) is 15.9 Å². The van der Waals surface area contributed by atoms with Crippen molar-refractivity contribution in [2.45, 2.75) is 11.9 Å². The molecule has 0 fully saturated rings. The SMILES string of the molecule is COC(=O)c1cccnc1S(=O)(=O)Nc1ccccc1C. The van der Waals surface area contributed by atoms with E-state index in [0.717, 1.165) is 5.56 Å². The molecule has 0 aliphatic heterocycles. The molecule has 0 spiro atoms. The first-order valence-corrected chi connectivity index (χ1v) is 7.56. The summed E-state index contributed by atoms with van der Waals surface area (Å²) in [5.74, 6) is -0.756. The number of sulfonamides is 1. The van der Waals surface area contributed by atoms with Crippen molar-refractivity contribution >= 4 is 21.7 Å². The van der Waals surface area contributed by atoms with E-state index in [4.69, 9.17) is 0 Å². The molecule has 7 heteroatoms. The first kappa shape index (κ1) is 15.0. The van der Waals surface area contributed by atoms with E-state index in [2.05, 4.69) is 14.4 Å². The standard InChI is InChI=1S/C14H14N2O4S/c1-10-6-3-4-8-12(10)16-21(18,19)13-11(14(17)20-2)7-5-9-15-13/h3-9,16H,1-2H3. The summed E-state index contributed by atoms with van der Waals surface area (Å²) in [6, 6.07) is 9.74. The number of carbonyl (C=O) groups excluding carboxylic acids is 1. The normalized spacial score (nSPS) is 11.0. The van der Waals surface area contributed by atoms with Crippen LogP contribution in [0.25, 0.3) is 0 Å². The van der Waals surface area contributed by atoms with Crippen molar-refractivity contribution in [2.24, 2.45) is 0 Å². The molecule has 0 bridgehead atoms. The highest BCUT2D eigenvalue weighted by molar-refractivity contribution is 7.92. The molecule has 110 valence electrons. The highest BCUT2D eigenvalue weighted by Crippen LogP contribution is 2.20. The first-order chi connectivity index (χ1) is 9.95. The Balaban J connectivity index is 2.46. The van der Waals surface area contributed by atoms with Gasteiger partial charge >= 0.3 is 5.97 Å². The second-order valence-corrected chi connectivity index (χ2v) is 5.87. The molecule has 0 amide bonds. The monoisotopic (exact) mass is 306 g/mol. The quantitative estimate of drug-likeness (QED) is 0.873. The van der Waals surface area contributed by atoms with E-state index in [0.29, 0.717) is 5.69 Å². The minimum absolute atomic E-state index is 0.110. The van der Waals surface area contributed by atoms with Crippen LogP contribution in [0.2, 0.25) is 0 Å². The molecule has 0 aliphatic rings. The third-order valence-electron chi connectivity index (χ3n) is 2.82. The molecule has 2 aromatic rings. The van der Waals surface area contributed by atoms with Crippen LogP contribution in [0.15, 0.2) is 47.6 Å². The number of anilines is 1. The largest absolute Gasteiger partial charge is 0.465 e. The lowest BCUT2D eigenvalue weighted by molar-refractivity contribution is 0.0595. The minimum atomic E-state index is -3.98. The molecule has 0 aliphatic carbocycles. The third kappa shape index (κ3) is 3.19. The van der Waals surface area contributed by atoms with Crippen molar-refractivity contribution < 1.29 is 17.9 Å². The van der Waals surface area contributed by atoms with Gasteiger partial charge in [-0.15, -0.1) is 0 Å². The van der Waals surface area contributed by atoms with E-state index in [1.807, 2.05) is 0 Å². The van der Waals surface area contributed by atoms with Crippen LogP contribution in [0.3, 0.4) is 0 Å². The van der Waals surface area contributed by atoms with Crippen LogP contribution in [0.5, 0.6) is 0 Å². The Morgan fingerprint density at radius 3 is 2.57 bits per heavy atom. The molecule has 2 rings (SSSR count). The van der Waals surface area contributed by atoms with Crippen LogP contribution < -0.4 is 4.72 Å². The number of methoxy groups -OCH3 is 1. The van der Waals surface area contributed by atoms with Gasteiger partial charge in [0.2, 0.25) is 0 Å². The number of ether oxygens (including phenoxy) is 1. The predicted octanol–water partition coefficient (Wildman–Crippen LogP) is 1.98. The Hall–Kier alpha value is -2.41. The summed E-state index contributed by atoms with van der Waals surface area (Å²) in [4.78, 5) is 15.4. The van der Waals surface area contributed by atoms with Gasteiger partial charge < -0.3 is 4.74 Å². The Morgan fingerprint density at radius 1 is 1.19 bits per heavy atom. The fourth-order valence-corrected chi connectivity index (χ4v) is 3.01. The van der Waals surface area contributed by atoms with Crippen molar-refractivity contribution in [2.75, 3.05) is 11.8 Å². The van der Waals surface area contributed by atoms with Crippen LogP contribution in [0, 0.1) is 6.92 Å². The van der Waals surface area contributed by atoms with Crippen LogP contribution in [-0.2, 0) is 14.8 Å². The molecular formula is C14H14N2O4S. The Labute approximate surface area is 122 Å². The molecular weight excluding hydrogens is 292 g/mol. The zero-order chi connectivity index (χ0) is 15.5. The minimum Gasteiger partial charge on any atom is -0.465 e. The maximum Gasteiger partial charge on any atom is 0.340 e. The van der Waals surface area contributed by atoms with Crippen molar-refractivity contribution in [3.05, 3.63) is 53.7 Å². The van der Waals surface area contributed by atoms with E-state index >= 15 is 0 Å². The summed E-state index contributed by atoms with van der Waals surface area (Å²) < 4.78 is 31.8. The second kappa shape index (κ2) is 5.92. The maximum absolute atomic E-state index is 12.4. The van der Waals surface area contributed by atoms with Crippen molar-refractivity contribution in [1.82, 2.24) is 4.98 Å². The van der Waals surface area contributed by atoms with Gasteiger partial charge in [0.15, 0.2) is 5.03 Å². The predicted molar refractivity (Wildman–Crippen MR) is 77.6 cm³/mol. The summed E-state index contributed by atoms with van der Waals surface area (Å²) >= 11 is 0. The molecule has 0 saturated heterocycles. The van der Waals surface area contributed by atoms with Crippen molar-refractivity contribution in [3.8, 4) is 0 Å². The Morgan fingerprint density at radius 2 is 1.90 bits per heavy atom. The van der Waals surface area contributed by atoms with Gasteiger partial charge in [-0.1, -0.05) is 18.2 Å². The number of hydrogen-bond donors (Lipinski definition) is 1. The third-order valence-corrected chi connectivity index (χ3v) is 4.14. The van der Waals surface area contributed by atoms with E-state index in [9.17, 15) is 13.2 Å². The number of para-hydroxylation sites is 1. The number of aryl methyl sites for hydroxylation is 1. The number of nitrogens with zero attached hydrogens (tertiary/aromatic N) is 1. The maximum atomic E-state index is 12.4. The van der Waals surface area contributed by atoms with Gasteiger partial charge in [-0.3, -0.25) is 4.72 Å². The summed E-state index contributed by atoms with van der Waals surface area (Å²) in [6.45, 7) is 1.78. The summed E-state index contributed by atoms with van der Waals surface area (Å²) in [6.07, 6.45) is 1.30. The molecule has 1 heterocycles. The van der Waals surface area contributed by atoms with Gasteiger partial charge in [0, 0.05) is 6.20 Å². The Kier molecular flexibility index (Phi) is 4.23. The zero-order valence-corrected chi connectivity index (χ0v) is 12.3. The number of esters is 1. The van der Waals surface area contributed by atoms with E-state index in [1.54, 1.807) is 31.2 Å². The first-order valence-electron chi connectivity index (χ1n) is 6.07. The van der Waals surface area contributed by atoms with Gasteiger partial charge in [0.25, 0.3) is 10.0 Å². The van der Waals surface area contributed by atoms with E-state index in [1.165, 1.54) is 25.4 Å². The van der Waals surface area contributed by atoms with Gasteiger partial charge in [-0.25, -0.2) is 9.78 Å². The molecule has 0 unspecified atom stereocenters. The van der Waals surface area contributed by atoms with Gasteiger partial charge in [-0.05, 0) is 30.7 Å². The van der Waals surface area contributed by atoms with Gasteiger partial charge in [0.05, 0.1) is 18.4 Å². The lowest BCUT2D eigenvalue weighted by Gasteiger charge is -2.11. The highest BCUT2D eigenvalue weighted by atomic mass is 32.2.